The van der Waals surface area contributed by atoms with E-state index in [1.165, 1.54) is 0 Å². The van der Waals surface area contributed by atoms with E-state index in [2.05, 4.69) is 0 Å². The Morgan fingerprint density at radius 3 is 1.54 bits per heavy atom. The molecular weight excluding hydrogens is 182 g/mol. The molecule has 76 valence electrons. The van der Waals surface area contributed by atoms with Crippen molar-refractivity contribution >= 4 is 5.97 Å². The summed E-state index contributed by atoms with van der Waals surface area (Å²) < 4.78 is 0. The van der Waals surface area contributed by atoms with Crippen LogP contribution in [0.1, 0.15) is 0 Å². The molecule has 0 bridgehead atoms. The lowest BCUT2D eigenvalue weighted by atomic mass is 9.94. The van der Waals surface area contributed by atoms with Crippen LogP contribution in [0.2, 0.25) is 0 Å². The van der Waals surface area contributed by atoms with Gasteiger partial charge in [0.25, 0.3) is 0 Å². The van der Waals surface area contributed by atoms with Gasteiger partial charge in [0, 0.05) is 0 Å². The van der Waals surface area contributed by atoms with E-state index in [9.17, 15) is 4.79 Å². The summed E-state index contributed by atoms with van der Waals surface area (Å²) in [6, 6.07) is 0. The van der Waals surface area contributed by atoms with Crippen LogP contribution >= 0.6 is 0 Å². The van der Waals surface area contributed by atoms with E-state index in [1.807, 2.05) is 0 Å². The third kappa shape index (κ3) is 1.13. The van der Waals surface area contributed by atoms with E-state index in [1.54, 1.807) is 0 Å². The lowest BCUT2D eigenvalue weighted by Crippen LogP contribution is -2.62. The molecule has 7 N–H and O–H groups in total. The number of carbonyl (C=O) groups is 1. The highest BCUT2D eigenvalue weighted by molar-refractivity contribution is 5.81. The summed E-state index contributed by atoms with van der Waals surface area (Å²) in [6.07, 6.45) is -7.29. The Labute approximate surface area is 73.0 Å². The van der Waals surface area contributed by atoms with Crippen molar-refractivity contribution in [1.29, 1.82) is 0 Å². The highest BCUT2D eigenvalue weighted by atomic mass is 16.4. The normalized spacial score (nSPS) is 50.8. The molecule has 1 rings (SSSR count). The Morgan fingerprint density at radius 1 is 1.08 bits per heavy atom. The van der Waals surface area contributed by atoms with Crippen LogP contribution < -0.4 is 5.73 Å². The van der Waals surface area contributed by atoms with Gasteiger partial charge in [-0.15, -0.1) is 0 Å². The van der Waals surface area contributed by atoms with Crippen LogP contribution in [0.5, 0.6) is 0 Å². The monoisotopic (exact) mass is 193 g/mol. The van der Waals surface area contributed by atoms with Crippen LogP contribution in [0.3, 0.4) is 0 Å². The molecule has 0 spiro atoms. The second-order valence-electron chi connectivity index (χ2n) is 3.11. The van der Waals surface area contributed by atoms with Crippen molar-refractivity contribution in [1.82, 2.24) is 0 Å². The van der Waals surface area contributed by atoms with Gasteiger partial charge in [-0.2, -0.15) is 0 Å². The average molecular weight is 193 g/mol. The molecule has 1 fully saturated rings. The van der Waals surface area contributed by atoms with Crippen molar-refractivity contribution in [3.63, 3.8) is 0 Å². The second kappa shape index (κ2) is 2.89. The molecule has 13 heavy (non-hydrogen) atoms. The van der Waals surface area contributed by atoms with Crippen molar-refractivity contribution in [3.05, 3.63) is 0 Å². The zero-order valence-corrected chi connectivity index (χ0v) is 6.53. The van der Waals surface area contributed by atoms with Crippen LogP contribution in [0.4, 0.5) is 0 Å². The molecule has 0 aliphatic heterocycles. The van der Waals surface area contributed by atoms with Crippen LogP contribution in [0.15, 0.2) is 0 Å². The number of hydrogen-bond donors (Lipinski definition) is 6. The molecule has 1 aliphatic carbocycles. The van der Waals surface area contributed by atoms with E-state index in [0.717, 1.165) is 0 Å². The van der Waals surface area contributed by atoms with Crippen molar-refractivity contribution in [3.8, 4) is 0 Å². The Bertz CT molecular complexity index is 217. The summed E-state index contributed by atoms with van der Waals surface area (Å²) >= 11 is 0. The number of nitrogens with two attached hydrogens (primary N) is 1. The minimum absolute atomic E-state index is 1.68. The number of carboxylic acids is 1. The number of rotatable bonds is 1. The van der Waals surface area contributed by atoms with Gasteiger partial charge in [-0.1, -0.05) is 0 Å². The Kier molecular flexibility index (Phi) is 2.30. The van der Waals surface area contributed by atoms with E-state index >= 15 is 0 Å². The third-order valence-corrected chi connectivity index (χ3v) is 2.35. The highest BCUT2D eigenvalue weighted by Gasteiger charge is 2.62. The number of aliphatic carboxylic acids is 1. The third-order valence-electron chi connectivity index (χ3n) is 2.35. The summed E-state index contributed by atoms with van der Waals surface area (Å²) in [6.45, 7) is 0. The van der Waals surface area contributed by atoms with Gasteiger partial charge in [0.05, 0.1) is 0 Å². The molecular formula is C6H11NO6. The summed E-state index contributed by atoms with van der Waals surface area (Å²) in [5, 5.41) is 44.9. The fraction of sp³-hybridized carbons (Fsp3) is 0.833. The predicted octanol–water partition coefficient (Wildman–Crippen LogP) is -3.77. The van der Waals surface area contributed by atoms with E-state index < -0.39 is 35.9 Å². The number of aliphatic hydroxyl groups excluding tert-OH is 4. The molecule has 5 atom stereocenters. The molecule has 0 saturated heterocycles. The summed E-state index contributed by atoms with van der Waals surface area (Å²) in [5.41, 5.74) is 2.73. The maximum Gasteiger partial charge on any atom is 0.329 e. The van der Waals surface area contributed by atoms with Crippen LogP contribution in [-0.4, -0.2) is 61.5 Å². The maximum absolute atomic E-state index is 10.6. The standard InChI is InChI=1S/C6H11NO6/c7-6(5(12)13)3(10)1(8)2(9)4(6)11/h1-4,8-11H,7H2,(H,12,13)/t1-,2-,3-,4+,6?/m0/s1. The first-order chi connectivity index (χ1) is 5.83. The topological polar surface area (TPSA) is 144 Å². The van der Waals surface area contributed by atoms with Gasteiger partial charge in [-0.25, -0.2) is 0 Å². The van der Waals surface area contributed by atoms with Crippen molar-refractivity contribution in [2.45, 2.75) is 30.0 Å². The number of aliphatic hydroxyl groups is 4. The molecule has 0 heterocycles. The number of carboxylic acid groups (broad SMARTS) is 1. The van der Waals surface area contributed by atoms with Gasteiger partial charge in [0.1, 0.15) is 24.4 Å². The number of hydrogen-bond acceptors (Lipinski definition) is 6. The van der Waals surface area contributed by atoms with E-state index in [-0.39, 0.29) is 0 Å². The predicted molar refractivity (Wildman–Crippen MR) is 38.6 cm³/mol. The smallest absolute Gasteiger partial charge is 0.329 e. The Morgan fingerprint density at radius 2 is 1.38 bits per heavy atom. The average Bonchev–Trinajstić information content (AvgIpc) is 2.22. The van der Waals surface area contributed by atoms with Gasteiger partial charge in [0.15, 0.2) is 5.54 Å². The molecule has 1 unspecified atom stereocenters. The first-order valence-electron chi connectivity index (χ1n) is 3.58. The fourth-order valence-corrected chi connectivity index (χ4v) is 1.37. The second-order valence-corrected chi connectivity index (χ2v) is 3.11. The fourth-order valence-electron chi connectivity index (χ4n) is 1.37. The molecule has 1 saturated carbocycles. The summed E-state index contributed by atoms with van der Waals surface area (Å²) in [4.78, 5) is 10.6. The summed E-state index contributed by atoms with van der Waals surface area (Å²) in [7, 11) is 0. The minimum atomic E-state index is -2.42. The van der Waals surface area contributed by atoms with E-state index in [0.29, 0.717) is 0 Å². The zero-order chi connectivity index (χ0) is 10.4. The SMILES string of the molecule is NC1(C(=O)O)[C@H](O)[C@@H](O)[C@H](O)[C@@H]1O. The summed E-state index contributed by atoms with van der Waals surface area (Å²) in [5.74, 6) is -1.68. The molecule has 0 aromatic rings. The Hall–Kier alpha value is -0.730. The lowest BCUT2D eigenvalue weighted by Gasteiger charge is -2.25. The van der Waals surface area contributed by atoms with Gasteiger partial charge in [-0.3, -0.25) is 4.79 Å². The lowest BCUT2D eigenvalue weighted by molar-refractivity contribution is -0.152. The van der Waals surface area contributed by atoms with Crippen LogP contribution in [0, 0.1) is 0 Å². The molecule has 1 aliphatic rings. The van der Waals surface area contributed by atoms with Gasteiger partial charge < -0.3 is 31.3 Å². The molecule has 7 heteroatoms. The van der Waals surface area contributed by atoms with Gasteiger partial charge in [0.2, 0.25) is 0 Å². The first-order valence-corrected chi connectivity index (χ1v) is 3.58. The quantitative estimate of drug-likeness (QED) is 0.251. The largest absolute Gasteiger partial charge is 0.480 e. The maximum atomic E-state index is 10.6. The Balaban J connectivity index is 3.05. The molecule has 0 aromatic carbocycles. The van der Waals surface area contributed by atoms with Crippen molar-refractivity contribution < 1.29 is 30.3 Å². The highest BCUT2D eigenvalue weighted by Crippen LogP contribution is 2.29. The van der Waals surface area contributed by atoms with Crippen molar-refractivity contribution in [2.75, 3.05) is 0 Å². The van der Waals surface area contributed by atoms with Crippen molar-refractivity contribution in [2.24, 2.45) is 5.73 Å². The first kappa shape index (κ1) is 10.4. The van der Waals surface area contributed by atoms with Crippen LogP contribution in [-0.2, 0) is 4.79 Å². The van der Waals surface area contributed by atoms with Gasteiger partial charge >= 0.3 is 5.97 Å². The molecule has 0 amide bonds. The van der Waals surface area contributed by atoms with E-state index in [4.69, 9.17) is 31.3 Å². The molecule has 0 aromatic heterocycles. The van der Waals surface area contributed by atoms with Crippen LogP contribution in [0.25, 0.3) is 0 Å². The molecule has 7 nitrogen and oxygen atoms in total. The zero-order valence-electron chi connectivity index (χ0n) is 6.53. The minimum Gasteiger partial charge on any atom is -0.480 e. The van der Waals surface area contributed by atoms with Gasteiger partial charge in [-0.05, 0) is 0 Å². The molecule has 0 radical (unpaired) electrons.